The van der Waals surface area contributed by atoms with Gasteiger partial charge in [-0.15, -0.1) is 0 Å². The summed E-state index contributed by atoms with van der Waals surface area (Å²) in [6.45, 7) is 0. The number of aromatic hydroxyl groups is 1. The number of benzene rings is 4. The molecule has 0 aromatic heterocycles. The van der Waals surface area contributed by atoms with Crippen LogP contribution in [0.1, 0.15) is 35.4 Å². The number of hydrogen-bond donors (Lipinski definition) is 1. The third-order valence-electron chi connectivity index (χ3n) is 11.0. The number of carbonyl (C=O) groups excluding carboxylic acids is 4. The molecule has 2 amide bonds. The van der Waals surface area contributed by atoms with E-state index >= 15 is 4.39 Å². The van der Waals surface area contributed by atoms with Gasteiger partial charge in [-0.3, -0.25) is 34.2 Å². The number of rotatable bonds is 5. The fraction of sp³-hybridized carbons (Fsp3) is 0.200. The van der Waals surface area contributed by atoms with Crippen molar-refractivity contribution >= 4 is 40.3 Å². The second kappa shape index (κ2) is 11.5. The first-order chi connectivity index (χ1) is 24.1. The number of hydrogen-bond acceptors (Lipinski definition) is 7. The summed E-state index contributed by atoms with van der Waals surface area (Å²) >= 11 is 0. The molecular formula is C40H29FN2O7. The average Bonchev–Trinajstić information content (AvgIpc) is 3.39. The quantitative estimate of drug-likeness (QED) is 0.112. The Morgan fingerprint density at radius 2 is 1.50 bits per heavy atom. The van der Waals surface area contributed by atoms with Crippen LogP contribution in [0.3, 0.4) is 0 Å². The second-order valence-electron chi connectivity index (χ2n) is 13.3. The molecule has 9 nitrogen and oxygen atoms in total. The zero-order chi connectivity index (χ0) is 34.9. The SMILES string of the molecule is O=C1C(c2ccccc2)=CC(=O)[C@@]2(c3ccccc3)[C@@H](c3cccc(F)c3O)C3=CC[C@@H]4C(=O)N(c5ccc([N+](=O)[O-])cc5)C(=O)[C@@H]4[C@@H]3C[C@@H]12. The normalized spacial score (nSPS) is 27.2. The van der Waals surface area contributed by atoms with Gasteiger partial charge in [-0.05, 0) is 54.2 Å². The molecule has 0 radical (unpaired) electrons. The van der Waals surface area contributed by atoms with Crippen LogP contribution >= 0.6 is 0 Å². The van der Waals surface area contributed by atoms with Crippen molar-refractivity contribution in [2.75, 3.05) is 4.90 Å². The summed E-state index contributed by atoms with van der Waals surface area (Å²) in [5.41, 5.74) is 0.357. The number of imide groups is 1. The summed E-state index contributed by atoms with van der Waals surface area (Å²) < 4.78 is 15.2. The molecule has 50 heavy (non-hydrogen) atoms. The first kappa shape index (κ1) is 31.3. The number of halogens is 1. The average molecular weight is 669 g/mol. The molecule has 8 rings (SSSR count). The van der Waals surface area contributed by atoms with Crippen LogP contribution in [0.25, 0.3) is 5.57 Å². The first-order valence-electron chi connectivity index (χ1n) is 16.4. The molecule has 1 N–H and O–H groups in total. The van der Waals surface area contributed by atoms with E-state index in [1.54, 1.807) is 66.7 Å². The van der Waals surface area contributed by atoms with Gasteiger partial charge in [0.2, 0.25) is 11.8 Å². The van der Waals surface area contributed by atoms with Crippen molar-refractivity contribution in [2.24, 2.45) is 23.7 Å². The predicted octanol–water partition coefficient (Wildman–Crippen LogP) is 6.47. The molecule has 1 saturated heterocycles. The van der Waals surface area contributed by atoms with Crippen molar-refractivity contribution in [1.82, 2.24) is 0 Å². The van der Waals surface area contributed by atoms with Gasteiger partial charge in [-0.2, -0.15) is 0 Å². The van der Waals surface area contributed by atoms with Gasteiger partial charge in [0.1, 0.15) is 0 Å². The number of Topliss-reactive ketones (excluding diaryl/α,β-unsaturated/α-hetero) is 1. The number of fused-ring (bicyclic) bond motifs is 4. The third kappa shape index (κ3) is 4.37. The highest BCUT2D eigenvalue weighted by molar-refractivity contribution is 6.32. The third-order valence-corrected chi connectivity index (χ3v) is 11.0. The Morgan fingerprint density at radius 3 is 2.18 bits per heavy atom. The summed E-state index contributed by atoms with van der Waals surface area (Å²) in [5, 5.41) is 22.6. The van der Waals surface area contributed by atoms with Crippen molar-refractivity contribution in [1.29, 1.82) is 0 Å². The Labute approximate surface area is 285 Å². The highest BCUT2D eigenvalue weighted by atomic mass is 19.1. The smallest absolute Gasteiger partial charge is 0.269 e. The van der Waals surface area contributed by atoms with E-state index in [0.29, 0.717) is 16.7 Å². The van der Waals surface area contributed by atoms with E-state index in [0.717, 1.165) is 11.0 Å². The number of carbonyl (C=O) groups is 4. The minimum atomic E-state index is -1.61. The number of anilines is 1. The lowest BCUT2D eigenvalue weighted by molar-refractivity contribution is -0.384. The highest BCUT2D eigenvalue weighted by Gasteiger charge is 2.66. The summed E-state index contributed by atoms with van der Waals surface area (Å²) in [6, 6.07) is 26.9. The van der Waals surface area contributed by atoms with Gasteiger partial charge in [0.25, 0.3) is 5.69 Å². The Morgan fingerprint density at radius 1 is 0.820 bits per heavy atom. The molecule has 0 bridgehead atoms. The summed E-state index contributed by atoms with van der Waals surface area (Å²) in [5.74, 6) is -7.83. The van der Waals surface area contributed by atoms with E-state index in [1.165, 1.54) is 36.4 Å². The van der Waals surface area contributed by atoms with E-state index in [4.69, 9.17) is 0 Å². The molecule has 10 heteroatoms. The number of nitrogens with zero attached hydrogens (tertiary/aromatic N) is 2. The number of phenolic OH excluding ortho intramolecular Hbond substituents is 1. The van der Waals surface area contributed by atoms with Crippen molar-refractivity contribution in [3.63, 3.8) is 0 Å². The molecule has 1 aliphatic heterocycles. The number of para-hydroxylation sites is 1. The number of ketones is 2. The Balaban J connectivity index is 1.34. The minimum Gasteiger partial charge on any atom is -0.505 e. The Kier molecular flexibility index (Phi) is 7.22. The van der Waals surface area contributed by atoms with E-state index in [1.807, 2.05) is 6.08 Å². The molecule has 2 fully saturated rings. The zero-order valence-corrected chi connectivity index (χ0v) is 26.4. The van der Waals surface area contributed by atoms with Gasteiger partial charge < -0.3 is 5.11 Å². The van der Waals surface area contributed by atoms with Gasteiger partial charge in [0, 0.05) is 35.1 Å². The van der Waals surface area contributed by atoms with Gasteiger partial charge in [-0.1, -0.05) is 84.4 Å². The molecule has 4 aromatic rings. The molecule has 1 heterocycles. The van der Waals surface area contributed by atoms with Crippen LogP contribution in [0.2, 0.25) is 0 Å². The van der Waals surface area contributed by atoms with Gasteiger partial charge in [0.15, 0.2) is 23.1 Å². The lowest BCUT2D eigenvalue weighted by atomic mass is 9.44. The molecule has 0 spiro atoms. The molecule has 4 aromatic carbocycles. The monoisotopic (exact) mass is 668 g/mol. The van der Waals surface area contributed by atoms with Gasteiger partial charge in [0.05, 0.1) is 27.9 Å². The maximum Gasteiger partial charge on any atom is 0.269 e. The van der Waals surface area contributed by atoms with E-state index in [-0.39, 0.29) is 46.9 Å². The van der Waals surface area contributed by atoms with Crippen LogP contribution in [0.5, 0.6) is 5.75 Å². The lowest BCUT2D eigenvalue weighted by Gasteiger charge is -2.55. The number of non-ortho nitro benzene ring substituents is 1. The Hall–Kier alpha value is -6.03. The van der Waals surface area contributed by atoms with Crippen molar-refractivity contribution in [2.45, 2.75) is 24.2 Å². The highest BCUT2D eigenvalue weighted by Crippen LogP contribution is 2.64. The number of nitro groups is 1. The number of phenols is 1. The van der Waals surface area contributed by atoms with Crippen LogP contribution in [0.4, 0.5) is 15.8 Å². The molecule has 0 unspecified atom stereocenters. The van der Waals surface area contributed by atoms with Crippen LogP contribution in [-0.2, 0) is 24.6 Å². The van der Waals surface area contributed by atoms with Crippen LogP contribution in [0.15, 0.2) is 121 Å². The van der Waals surface area contributed by atoms with Crippen molar-refractivity contribution in [3.05, 3.63) is 153 Å². The molecule has 4 aliphatic rings. The van der Waals surface area contributed by atoms with Crippen molar-refractivity contribution in [3.8, 4) is 5.75 Å². The van der Waals surface area contributed by atoms with Crippen LogP contribution in [-0.4, -0.2) is 33.4 Å². The zero-order valence-electron chi connectivity index (χ0n) is 26.4. The molecule has 3 aliphatic carbocycles. The summed E-state index contributed by atoms with van der Waals surface area (Å²) in [6.07, 6.45) is 3.34. The standard InChI is InChI=1S/C40H29FN2O7/c41-32-13-7-12-28(37(32)46)35-26-18-19-27-34(39(48)42(38(27)47)24-14-16-25(17-15-24)43(49)50)30(26)20-31-36(45)29(22-8-3-1-4-9-22)21-33(44)40(31,35)23-10-5-2-6-11-23/h1-18,21,27,30-31,34-35,46H,19-20H2/t27-,30+,31-,34-,35+,40-/m0/s1. The number of amides is 2. The fourth-order valence-electron chi connectivity index (χ4n) is 8.96. The largest absolute Gasteiger partial charge is 0.505 e. The summed E-state index contributed by atoms with van der Waals surface area (Å²) in [7, 11) is 0. The maximum atomic E-state index is 15.2. The first-order valence-corrected chi connectivity index (χ1v) is 16.4. The number of nitro benzene ring substituents is 1. The molecular weight excluding hydrogens is 639 g/mol. The Bertz CT molecular complexity index is 2180. The van der Waals surface area contributed by atoms with Gasteiger partial charge in [-0.25, -0.2) is 4.39 Å². The topological polar surface area (TPSA) is 135 Å². The van der Waals surface area contributed by atoms with E-state index < -0.39 is 63.3 Å². The maximum absolute atomic E-state index is 15.2. The predicted molar refractivity (Wildman–Crippen MR) is 180 cm³/mol. The second-order valence-corrected chi connectivity index (χ2v) is 13.3. The lowest BCUT2D eigenvalue weighted by Crippen LogP contribution is -2.58. The van der Waals surface area contributed by atoms with Crippen LogP contribution in [0, 0.1) is 39.6 Å². The van der Waals surface area contributed by atoms with E-state index in [2.05, 4.69) is 0 Å². The number of allylic oxidation sites excluding steroid dienone is 4. The minimum absolute atomic E-state index is 0.0380. The molecule has 6 atom stereocenters. The van der Waals surface area contributed by atoms with E-state index in [9.17, 15) is 34.4 Å². The van der Waals surface area contributed by atoms with Gasteiger partial charge >= 0.3 is 0 Å². The summed E-state index contributed by atoms with van der Waals surface area (Å²) in [4.78, 5) is 70.0. The van der Waals surface area contributed by atoms with Crippen LogP contribution < -0.4 is 4.90 Å². The molecule has 1 saturated carbocycles. The van der Waals surface area contributed by atoms with Crippen molar-refractivity contribution < 1.29 is 33.6 Å². The molecule has 248 valence electrons. The fourth-order valence-corrected chi connectivity index (χ4v) is 8.96.